The van der Waals surface area contributed by atoms with E-state index in [0.717, 1.165) is 29.7 Å². The van der Waals surface area contributed by atoms with Crippen LogP contribution in [0.5, 0.6) is 5.75 Å². The molecule has 0 saturated heterocycles. The van der Waals surface area contributed by atoms with Crippen molar-refractivity contribution in [3.05, 3.63) is 95.3 Å². The van der Waals surface area contributed by atoms with Gasteiger partial charge in [0.2, 0.25) is 0 Å². The van der Waals surface area contributed by atoms with E-state index >= 15 is 0 Å². The number of hydrogen-bond acceptors (Lipinski definition) is 3. The van der Waals surface area contributed by atoms with Crippen LogP contribution in [0.15, 0.2) is 73.1 Å². The molecular formula is C29H32N2O3. The Balaban J connectivity index is 1.58. The van der Waals surface area contributed by atoms with Gasteiger partial charge in [-0.25, -0.2) is 0 Å². The van der Waals surface area contributed by atoms with Gasteiger partial charge in [0.25, 0.3) is 0 Å². The fourth-order valence-electron chi connectivity index (χ4n) is 4.51. The standard InChI is InChI=1S/C29H32N2O3/c1-3-7-25(26-16-21(2)27-9-5-4-8-24(27)18-26)20-34-28-17-22(19-31-15-6-14-30-31)10-11-23(28)12-13-29(32)33/h4-6,8-11,14-18,25H,3,7,12-13,19-20H2,1-2H3,(H,32,33). The van der Waals surface area contributed by atoms with E-state index < -0.39 is 5.97 Å². The Morgan fingerprint density at radius 1 is 1.12 bits per heavy atom. The number of nitrogens with zero attached hydrogens (tertiary/aromatic N) is 2. The van der Waals surface area contributed by atoms with Crippen LogP contribution in [0.4, 0.5) is 0 Å². The summed E-state index contributed by atoms with van der Waals surface area (Å²) in [7, 11) is 0. The number of aromatic nitrogens is 2. The maximum absolute atomic E-state index is 11.2. The molecule has 4 aromatic rings. The monoisotopic (exact) mass is 456 g/mol. The predicted molar refractivity (Wildman–Crippen MR) is 136 cm³/mol. The van der Waals surface area contributed by atoms with E-state index in [0.29, 0.717) is 19.6 Å². The molecule has 1 N–H and O–H groups in total. The van der Waals surface area contributed by atoms with E-state index in [2.05, 4.69) is 55.3 Å². The number of ether oxygens (including phenoxy) is 1. The van der Waals surface area contributed by atoms with E-state index in [9.17, 15) is 9.90 Å². The molecule has 0 aliphatic carbocycles. The van der Waals surface area contributed by atoms with Crippen LogP contribution >= 0.6 is 0 Å². The van der Waals surface area contributed by atoms with Gasteiger partial charge < -0.3 is 9.84 Å². The second-order valence-electron chi connectivity index (χ2n) is 8.89. The Labute approximate surface area is 201 Å². The van der Waals surface area contributed by atoms with Gasteiger partial charge in [0.05, 0.1) is 13.2 Å². The normalized spacial score (nSPS) is 12.1. The Morgan fingerprint density at radius 3 is 2.74 bits per heavy atom. The lowest BCUT2D eigenvalue weighted by Gasteiger charge is -2.21. The average Bonchev–Trinajstić information content (AvgIpc) is 3.34. The van der Waals surface area contributed by atoms with Crippen molar-refractivity contribution in [2.45, 2.75) is 52.0 Å². The number of carboxylic acid groups (broad SMARTS) is 1. The van der Waals surface area contributed by atoms with Crippen molar-refractivity contribution in [3.8, 4) is 5.75 Å². The average molecular weight is 457 g/mol. The smallest absolute Gasteiger partial charge is 0.303 e. The molecule has 1 unspecified atom stereocenters. The molecule has 1 atom stereocenters. The van der Waals surface area contributed by atoms with Gasteiger partial charge in [0, 0.05) is 24.7 Å². The van der Waals surface area contributed by atoms with Gasteiger partial charge in [-0.05, 0) is 64.9 Å². The second kappa shape index (κ2) is 11.0. The first-order valence-electron chi connectivity index (χ1n) is 12.0. The fraction of sp³-hybridized carbons (Fsp3) is 0.310. The molecule has 0 spiro atoms. The molecule has 0 saturated carbocycles. The summed E-state index contributed by atoms with van der Waals surface area (Å²) in [6.07, 6.45) is 6.30. The Kier molecular flexibility index (Phi) is 7.63. The van der Waals surface area contributed by atoms with Crippen LogP contribution in [0.3, 0.4) is 0 Å². The summed E-state index contributed by atoms with van der Waals surface area (Å²) in [5, 5.41) is 16.0. The predicted octanol–water partition coefficient (Wildman–Crippen LogP) is 6.37. The molecule has 34 heavy (non-hydrogen) atoms. The van der Waals surface area contributed by atoms with Crippen molar-refractivity contribution >= 4 is 16.7 Å². The van der Waals surface area contributed by atoms with Gasteiger partial charge in [-0.3, -0.25) is 9.48 Å². The van der Waals surface area contributed by atoms with Gasteiger partial charge in [-0.15, -0.1) is 0 Å². The number of benzene rings is 3. The topological polar surface area (TPSA) is 64.4 Å². The Hall–Kier alpha value is -3.60. The van der Waals surface area contributed by atoms with E-state index in [1.54, 1.807) is 6.20 Å². The van der Waals surface area contributed by atoms with Crippen LogP contribution in [0, 0.1) is 6.92 Å². The number of carboxylic acids is 1. The molecule has 3 aromatic carbocycles. The fourth-order valence-corrected chi connectivity index (χ4v) is 4.51. The summed E-state index contributed by atoms with van der Waals surface area (Å²) < 4.78 is 8.30. The van der Waals surface area contributed by atoms with Crippen LogP contribution in [0.2, 0.25) is 0 Å². The third-order valence-electron chi connectivity index (χ3n) is 6.28. The van der Waals surface area contributed by atoms with Crippen molar-refractivity contribution in [2.75, 3.05) is 6.61 Å². The summed E-state index contributed by atoms with van der Waals surface area (Å²) in [6, 6.07) is 21.0. The van der Waals surface area contributed by atoms with Gasteiger partial charge in [-0.2, -0.15) is 5.10 Å². The number of carbonyl (C=O) groups is 1. The molecular weight excluding hydrogens is 424 g/mol. The highest BCUT2D eigenvalue weighted by atomic mass is 16.5. The van der Waals surface area contributed by atoms with Crippen LogP contribution in [0.1, 0.15) is 54.4 Å². The second-order valence-corrected chi connectivity index (χ2v) is 8.89. The van der Waals surface area contributed by atoms with E-state index in [1.165, 1.54) is 21.9 Å². The van der Waals surface area contributed by atoms with Gasteiger partial charge >= 0.3 is 5.97 Å². The van der Waals surface area contributed by atoms with Gasteiger partial charge in [0.1, 0.15) is 5.75 Å². The van der Waals surface area contributed by atoms with Crippen molar-refractivity contribution in [2.24, 2.45) is 0 Å². The molecule has 1 aromatic heterocycles. The molecule has 1 heterocycles. The first kappa shape index (κ1) is 23.6. The lowest BCUT2D eigenvalue weighted by molar-refractivity contribution is -0.136. The zero-order chi connectivity index (χ0) is 23.9. The minimum Gasteiger partial charge on any atom is -0.493 e. The highest BCUT2D eigenvalue weighted by Crippen LogP contribution is 2.30. The molecule has 0 aliphatic heterocycles. The molecule has 0 aliphatic rings. The quantitative estimate of drug-likeness (QED) is 0.285. The summed E-state index contributed by atoms with van der Waals surface area (Å²) in [5.41, 5.74) is 4.57. The maximum atomic E-state index is 11.2. The molecule has 0 amide bonds. The van der Waals surface area contributed by atoms with E-state index in [-0.39, 0.29) is 12.3 Å². The van der Waals surface area contributed by atoms with Crippen LogP contribution in [-0.2, 0) is 17.8 Å². The van der Waals surface area contributed by atoms with Crippen molar-refractivity contribution < 1.29 is 14.6 Å². The van der Waals surface area contributed by atoms with Gasteiger partial charge in [-0.1, -0.05) is 61.9 Å². The van der Waals surface area contributed by atoms with Crippen LogP contribution < -0.4 is 4.74 Å². The van der Waals surface area contributed by atoms with Gasteiger partial charge in [0.15, 0.2) is 0 Å². The molecule has 0 radical (unpaired) electrons. The molecule has 5 heteroatoms. The summed E-state index contributed by atoms with van der Waals surface area (Å²) in [4.78, 5) is 11.2. The zero-order valence-corrected chi connectivity index (χ0v) is 19.9. The SMILES string of the molecule is CCCC(COc1cc(Cn2cccn2)ccc1CCC(=O)O)c1cc(C)c2ccccc2c1. The first-order chi connectivity index (χ1) is 16.5. The minimum absolute atomic E-state index is 0.0805. The lowest BCUT2D eigenvalue weighted by atomic mass is 9.91. The molecule has 0 fully saturated rings. The summed E-state index contributed by atoms with van der Waals surface area (Å²) in [6.45, 7) is 5.56. The van der Waals surface area contributed by atoms with Crippen LogP contribution in [-0.4, -0.2) is 27.5 Å². The number of hydrogen-bond donors (Lipinski definition) is 1. The van der Waals surface area contributed by atoms with Crippen molar-refractivity contribution in [3.63, 3.8) is 0 Å². The third-order valence-corrected chi connectivity index (χ3v) is 6.28. The summed E-state index contributed by atoms with van der Waals surface area (Å²) >= 11 is 0. The zero-order valence-electron chi connectivity index (χ0n) is 19.9. The number of rotatable bonds is 11. The van der Waals surface area contributed by atoms with Crippen molar-refractivity contribution in [1.82, 2.24) is 9.78 Å². The third kappa shape index (κ3) is 5.84. The molecule has 5 nitrogen and oxygen atoms in total. The largest absolute Gasteiger partial charge is 0.493 e. The highest BCUT2D eigenvalue weighted by Gasteiger charge is 2.16. The number of aryl methyl sites for hydroxylation is 2. The highest BCUT2D eigenvalue weighted by molar-refractivity contribution is 5.86. The van der Waals surface area contributed by atoms with E-state index in [4.69, 9.17) is 4.74 Å². The van der Waals surface area contributed by atoms with Crippen molar-refractivity contribution in [1.29, 1.82) is 0 Å². The van der Waals surface area contributed by atoms with E-state index in [1.807, 2.05) is 35.1 Å². The minimum atomic E-state index is -0.804. The number of aliphatic carboxylic acids is 1. The van der Waals surface area contributed by atoms with Crippen LogP contribution in [0.25, 0.3) is 10.8 Å². The Morgan fingerprint density at radius 2 is 1.97 bits per heavy atom. The lowest BCUT2D eigenvalue weighted by Crippen LogP contribution is -2.12. The maximum Gasteiger partial charge on any atom is 0.303 e. The summed E-state index contributed by atoms with van der Waals surface area (Å²) in [5.74, 6) is 0.224. The molecule has 0 bridgehead atoms. The number of fused-ring (bicyclic) bond motifs is 1. The first-order valence-corrected chi connectivity index (χ1v) is 12.0. The molecule has 176 valence electrons. The molecule has 4 rings (SSSR count). The Bertz CT molecular complexity index is 1250.